The average molecular weight is 441 g/mol. The van der Waals surface area contributed by atoms with Gasteiger partial charge in [-0.2, -0.15) is 0 Å². The Kier molecular flexibility index (Phi) is 7.03. The summed E-state index contributed by atoms with van der Waals surface area (Å²) in [5.74, 6) is 2.14. The van der Waals surface area contributed by atoms with Gasteiger partial charge >= 0.3 is 0 Å². The van der Waals surface area contributed by atoms with Gasteiger partial charge in [-0.05, 0) is 29.6 Å². The van der Waals surface area contributed by atoms with E-state index in [-0.39, 0.29) is 0 Å². The van der Waals surface area contributed by atoms with Gasteiger partial charge in [-0.25, -0.2) is 9.98 Å². The normalized spacial score (nSPS) is 16.8. The zero-order chi connectivity index (χ0) is 21.5. The summed E-state index contributed by atoms with van der Waals surface area (Å²) in [5, 5.41) is 9.28. The molecule has 0 saturated heterocycles. The molecule has 0 atom stereocenters. The van der Waals surface area contributed by atoms with E-state index in [0.717, 1.165) is 40.5 Å². The Morgan fingerprint density at radius 1 is 1.16 bits per heavy atom. The van der Waals surface area contributed by atoms with Gasteiger partial charge in [0.15, 0.2) is 12.3 Å². The summed E-state index contributed by atoms with van der Waals surface area (Å²) < 4.78 is 10.8. The predicted octanol–water partition coefficient (Wildman–Crippen LogP) is 4.17. The van der Waals surface area contributed by atoms with Crippen LogP contribution in [0.2, 0.25) is 0 Å². The first-order valence-electron chi connectivity index (χ1n) is 10.0. The zero-order valence-electron chi connectivity index (χ0n) is 17.5. The molecule has 1 aromatic carbocycles. The highest BCUT2D eigenvalue weighted by Gasteiger charge is 2.29. The summed E-state index contributed by atoms with van der Waals surface area (Å²) in [4.78, 5) is 19.3. The topological polar surface area (TPSA) is 86.9 Å². The van der Waals surface area contributed by atoms with E-state index < -0.39 is 0 Å². The van der Waals surface area contributed by atoms with E-state index >= 15 is 0 Å². The van der Waals surface area contributed by atoms with E-state index in [9.17, 15) is 0 Å². The molecule has 4 rings (SSSR count). The fraction of sp³-hybridized carbons (Fsp3) is 0.364. The molecule has 0 spiro atoms. The Hall–Kier alpha value is -3.07. The Morgan fingerprint density at radius 3 is 2.71 bits per heavy atom. The third kappa shape index (κ3) is 5.55. The van der Waals surface area contributed by atoms with E-state index in [0.29, 0.717) is 36.6 Å². The van der Waals surface area contributed by atoms with Crippen molar-refractivity contribution in [3.05, 3.63) is 53.7 Å². The van der Waals surface area contributed by atoms with Crippen LogP contribution >= 0.6 is 11.8 Å². The van der Waals surface area contributed by atoms with Crippen LogP contribution in [0.4, 0.5) is 5.69 Å². The Balaban J connectivity index is 1.55. The molecule has 2 heterocycles. The molecular formula is C22H24N4O4S. The minimum Gasteiger partial charge on any atom is -0.481 e. The van der Waals surface area contributed by atoms with Crippen molar-refractivity contribution in [2.45, 2.75) is 18.6 Å². The minimum atomic E-state index is 0.325. The monoisotopic (exact) mass is 440 g/mol. The number of aromatic nitrogens is 1. The van der Waals surface area contributed by atoms with Gasteiger partial charge in [-0.3, -0.25) is 0 Å². The van der Waals surface area contributed by atoms with E-state index in [1.165, 1.54) is 7.11 Å². The second-order valence-corrected chi connectivity index (χ2v) is 7.93. The number of hydrogen-bond acceptors (Lipinski definition) is 9. The molecule has 1 fully saturated rings. The maximum Gasteiger partial charge on any atom is 0.280 e. The lowest BCUT2D eigenvalue weighted by Gasteiger charge is -2.16. The van der Waals surface area contributed by atoms with E-state index in [2.05, 4.69) is 21.4 Å². The van der Waals surface area contributed by atoms with Crippen molar-refractivity contribution < 1.29 is 19.1 Å². The third-order valence-electron chi connectivity index (χ3n) is 4.69. The molecule has 2 aromatic rings. The van der Waals surface area contributed by atoms with Crippen LogP contribution in [0.25, 0.3) is 0 Å². The van der Waals surface area contributed by atoms with Crippen LogP contribution in [-0.2, 0) is 20.2 Å². The van der Waals surface area contributed by atoms with Crippen LogP contribution in [0.3, 0.4) is 0 Å². The zero-order valence-corrected chi connectivity index (χ0v) is 18.3. The highest BCUT2D eigenvalue weighted by molar-refractivity contribution is 8.13. The van der Waals surface area contributed by atoms with Crippen molar-refractivity contribution in [1.29, 1.82) is 0 Å². The molecule has 1 aliphatic heterocycles. The van der Waals surface area contributed by atoms with Crippen molar-refractivity contribution in [2.24, 2.45) is 21.2 Å². The summed E-state index contributed by atoms with van der Waals surface area (Å²) in [6, 6.07) is 11.8. The number of methoxy groups -OCH3 is 1. The molecule has 2 aliphatic rings. The molecule has 1 aromatic heterocycles. The maximum absolute atomic E-state index is 5.64. The molecule has 0 amide bonds. The van der Waals surface area contributed by atoms with E-state index in [4.69, 9.17) is 24.1 Å². The van der Waals surface area contributed by atoms with Gasteiger partial charge in [0.25, 0.3) is 5.90 Å². The summed E-state index contributed by atoms with van der Waals surface area (Å²) in [7, 11) is 3.10. The maximum atomic E-state index is 5.64. The molecule has 0 radical (unpaired) electrons. The molecule has 1 aliphatic carbocycles. The highest BCUT2D eigenvalue weighted by Crippen LogP contribution is 2.38. The van der Waals surface area contributed by atoms with Crippen LogP contribution in [0.5, 0.6) is 5.88 Å². The number of benzene rings is 1. The molecule has 162 valence electrons. The fourth-order valence-electron chi connectivity index (χ4n) is 3.00. The summed E-state index contributed by atoms with van der Waals surface area (Å²) in [6.45, 7) is 0.843. The van der Waals surface area contributed by atoms with Crippen molar-refractivity contribution in [1.82, 2.24) is 4.98 Å². The standard InChI is InChI=1S/C22H24N4O4S/c1-27-19-10-9-17(13-23-19)24-22(15-7-8-15)31-14-16-5-3-4-6-18(16)20(25-28-2)21-26-30-12-11-29-21/h3-6,9-10,13,15H,7-8,11-12,14H2,1-2H3/b24-22?,25-20+. The first-order chi connectivity index (χ1) is 15.3. The Labute approximate surface area is 185 Å². The molecule has 1 saturated carbocycles. The largest absolute Gasteiger partial charge is 0.481 e. The first-order valence-corrected chi connectivity index (χ1v) is 11.0. The van der Waals surface area contributed by atoms with Gasteiger partial charge in [-0.15, -0.1) is 11.8 Å². The number of thioether (sulfide) groups is 1. The number of pyridine rings is 1. The van der Waals surface area contributed by atoms with Crippen molar-refractivity contribution in [3.8, 4) is 5.88 Å². The molecular weight excluding hydrogens is 416 g/mol. The fourth-order valence-corrected chi connectivity index (χ4v) is 4.20. The van der Waals surface area contributed by atoms with Crippen molar-refractivity contribution in [2.75, 3.05) is 27.4 Å². The lowest BCUT2D eigenvalue weighted by Crippen LogP contribution is -2.26. The number of ether oxygens (including phenoxy) is 2. The first kappa shape index (κ1) is 21.2. The second kappa shape index (κ2) is 10.3. The number of aliphatic imine (C=N–C) groups is 1. The molecule has 0 unspecified atom stereocenters. The van der Waals surface area contributed by atoms with Crippen LogP contribution in [0.15, 0.2) is 57.9 Å². The average Bonchev–Trinajstić information content (AvgIpc) is 3.67. The number of rotatable bonds is 8. The molecule has 8 nitrogen and oxygen atoms in total. The molecule has 0 N–H and O–H groups in total. The Morgan fingerprint density at radius 2 is 2.03 bits per heavy atom. The van der Waals surface area contributed by atoms with E-state index in [1.54, 1.807) is 25.1 Å². The van der Waals surface area contributed by atoms with Crippen molar-refractivity contribution >= 4 is 34.1 Å². The number of hydrogen-bond donors (Lipinski definition) is 0. The molecule has 0 bridgehead atoms. The van der Waals surface area contributed by atoms with E-state index in [1.807, 2.05) is 30.3 Å². The second-order valence-electron chi connectivity index (χ2n) is 6.93. The van der Waals surface area contributed by atoms with Gasteiger partial charge in [0.1, 0.15) is 13.7 Å². The summed E-state index contributed by atoms with van der Waals surface area (Å²) in [6.07, 6.45) is 4.06. The Bertz CT molecular complexity index is 987. The van der Waals surface area contributed by atoms with Crippen LogP contribution < -0.4 is 4.74 Å². The lowest BCUT2D eigenvalue weighted by atomic mass is 10.0. The quantitative estimate of drug-likeness (QED) is 0.348. The van der Waals surface area contributed by atoms with Gasteiger partial charge in [0.2, 0.25) is 5.88 Å². The summed E-state index contributed by atoms with van der Waals surface area (Å²) >= 11 is 1.73. The highest BCUT2D eigenvalue weighted by atomic mass is 32.2. The van der Waals surface area contributed by atoms with Gasteiger partial charge < -0.3 is 19.1 Å². The van der Waals surface area contributed by atoms with Crippen LogP contribution in [0, 0.1) is 5.92 Å². The number of oxime groups is 2. The molecule has 9 heteroatoms. The van der Waals surface area contributed by atoms with Crippen LogP contribution in [0.1, 0.15) is 24.0 Å². The molecule has 31 heavy (non-hydrogen) atoms. The SMILES string of the molecule is CO/N=C(/C1=NOCCO1)c1ccccc1CSC(=Nc1ccc(OC)nc1)C1CC1. The minimum absolute atomic E-state index is 0.325. The van der Waals surface area contributed by atoms with Gasteiger partial charge in [-0.1, -0.05) is 29.4 Å². The van der Waals surface area contributed by atoms with Crippen LogP contribution in [-0.4, -0.2) is 49.1 Å². The van der Waals surface area contributed by atoms with Gasteiger partial charge in [0.05, 0.1) is 24.0 Å². The summed E-state index contributed by atoms with van der Waals surface area (Å²) in [5.41, 5.74) is 3.32. The number of nitrogens with zero attached hydrogens (tertiary/aromatic N) is 4. The lowest BCUT2D eigenvalue weighted by molar-refractivity contribution is 0.0672. The third-order valence-corrected chi connectivity index (χ3v) is 5.87. The van der Waals surface area contributed by atoms with Gasteiger partial charge in [0, 0.05) is 23.3 Å². The van der Waals surface area contributed by atoms with Crippen molar-refractivity contribution in [3.63, 3.8) is 0 Å². The predicted molar refractivity (Wildman–Crippen MR) is 121 cm³/mol. The smallest absolute Gasteiger partial charge is 0.280 e.